The predicted octanol–water partition coefficient (Wildman–Crippen LogP) is -2.43. The van der Waals surface area contributed by atoms with Crippen molar-refractivity contribution in [1.29, 1.82) is 0 Å². The summed E-state index contributed by atoms with van der Waals surface area (Å²) in [6.07, 6.45) is 0. The molecule has 1 amide bonds. The minimum Gasteiger partial charge on any atom is -1.00 e. The molecule has 0 saturated carbocycles. The van der Waals surface area contributed by atoms with E-state index >= 15 is 0 Å². The number of aromatic nitrogens is 2. The van der Waals surface area contributed by atoms with E-state index in [0.29, 0.717) is 26.2 Å². The highest BCUT2D eigenvalue weighted by atomic mass is 35.5. The van der Waals surface area contributed by atoms with Gasteiger partial charge in [0, 0.05) is 19.6 Å². The van der Waals surface area contributed by atoms with Crippen LogP contribution >= 0.6 is 0 Å². The SMILES string of the molecule is CCOc1ccc(CNCCNC(=O)c2nonc2N)cc1.[Cl-]. The highest BCUT2D eigenvalue weighted by Crippen LogP contribution is 2.11. The number of benzene rings is 1. The smallest absolute Gasteiger partial charge is 0.277 e. The quantitative estimate of drug-likeness (QED) is 0.458. The highest BCUT2D eigenvalue weighted by Gasteiger charge is 2.14. The predicted molar refractivity (Wildman–Crippen MR) is 80.4 cm³/mol. The maximum Gasteiger partial charge on any atom is 0.277 e. The lowest BCUT2D eigenvalue weighted by molar-refractivity contribution is -0.0000141. The summed E-state index contributed by atoms with van der Waals surface area (Å²) in [6, 6.07) is 7.86. The summed E-state index contributed by atoms with van der Waals surface area (Å²) in [5, 5.41) is 12.7. The number of rotatable bonds is 8. The van der Waals surface area contributed by atoms with Crippen molar-refractivity contribution in [2.75, 3.05) is 25.4 Å². The lowest BCUT2D eigenvalue weighted by Gasteiger charge is -2.07. The first-order valence-electron chi connectivity index (χ1n) is 6.99. The number of ether oxygens (including phenoxy) is 1. The Bertz CT molecular complexity index is 603. The molecule has 0 bridgehead atoms. The van der Waals surface area contributed by atoms with E-state index < -0.39 is 5.91 Å². The lowest BCUT2D eigenvalue weighted by Crippen LogP contribution is -3.00. The summed E-state index contributed by atoms with van der Waals surface area (Å²) in [5.41, 5.74) is 6.57. The van der Waals surface area contributed by atoms with E-state index in [-0.39, 0.29) is 23.9 Å². The van der Waals surface area contributed by atoms with Crippen LogP contribution in [0.5, 0.6) is 5.75 Å². The zero-order valence-corrected chi connectivity index (χ0v) is 13.5. The fourth-order valence-corrected chi connectivity index (χ4v) is 1.80. The molecule has 8 nitrogen and oxygen atoms in total. The molecule has 0 unspecified atom stereocenters. The Labute approximate surface area is 140 Å². The lowest BCUT2D eigenvalue weighted by atomic mass is 10.2. The number of carbonyl (C=O) groups excluding carboxylic acids is 1. The van der Waals surface area contributed by atoms with Crippen molar-refractivity contribution >= 4 is 11.7 Å². The fourth-order valence-electron chi connectivity index (χ4n) is 1.80. The molecule has 1 heterocycles. The van der Waals surface area contributed by atoms with Gasteiger partial charge in [0.15, 0.2) is 0 Å². The van der Waals surface area contributed by atoms with E-state index in [4.69, 9.17) is 10.5 Å². The maximum absolute atomic E-state index is 11.7. The van der Waals surface area contributed by atoms with Crippen molar-refractivity contribution < 1.29 is 26.6 Å². The second kappa shape index (κ2) is 9.65. The van der Waals surface area contributed by atoms with Gasteiger partial charge in [-0.25, -0.2) is 4.63 Å². The van der Waals surface area contributed by atoms with Crippen LogP contribution in [0.4, 0.5) is 5.82 Å². The molecule has 0 radical (unpaired) electrons. The van der Waals surface area contributed by atoms with Gasteiger partial charge in [0.05, 0.1) is 6.61 Å². The van der Waals surface area contributed by atoms with Gasteiger partial charge in [-0.05, 0) is 34.9 Å². The highest BCUT2D eigenvalue weighted by molar-refractivity contribution is 5.95. The van der Waals surface area contributed by atoms with Crippen molar-refractivity contribution in [1.82, 2.24) is 20.9 Å². The molecule has 9 heteroatoms. The summed E-state index contributed by atoms with van der Waals surface area (Å²) in [7, 11) is 0. The van der Waals surface area contributed by atoms with Crippen LogP contribution in [0.3, 0.4) is 0 Å². The first-order valence-corrected chi connectivity index (χ1v) is 6.99. The average Bonchev–Trinajstić information content (AvgIpc) is 2.95. The molecule has 0 aliphatic rings. The second-order valence-electron chi connectivity index (χ2n) is 4.51. The molecule has 23 heavy (non-hydrogen) atoms. The van der Waals surface area contributed by atoms with Gasteiger partial charge in [0.1, 0.15) is 5.75 Å². The third kappa shape index (κ3) is 5.76. The van der Waals surface area contributed by atoms with Crippen molar-refractivity contribution in [3.05, 3.63) is 35.5 Å². The minimum absolute atomic E-state index is 0. The van der Waals surface area contributed by atoms with Crippen molar-refractivity contribution in [2.24, 2.45) is 0 Å². The number of nitrogen functional groups attached to an aromatic ring is 1. The molecule has 1 aromatic heterocycles. The van der Waals surface area contributed by atoms with Gasteiger partial charge in [-0.3, -0.25) is 4.79 Å². The standard InChI is InChI=1S/C14H19N5O3.ClH/c1-2-21-11-5-3-10(4-6-11)9-16-7-8-17-14(20)12-13(15)19-22-18-12;/h3-6,16H,2,7-9H2,1H3,(H2,15,19)(H,17,20);1H/p-1. The van der Waals surface area contributed by atoms with E-state index in [2.05, 4.69) is 25.6 Å². The van der Waals surface area contributed by atoms with Crippen LogP contribution in [-0.4, -0.2) is 35.9 Å². The Morgan fingerprint density at radius 3 is 2.61 bits per heavy atom. The summed E-state index contributed by atoms with van der Waals surface area (Å²) in [4.78, 5) is 11.7. The molecule has 2 rings (SSSR count). The Morgan fingerprint density at radius 1 is 1.26 bits per heavy atom. The molecule has 0 fully saturated rings. The molecular formula is C14H19ClN5O3-. The van der Waals surface area contributed by atoms with Crippen LogP contribution in [0, 0.1) is 0 Å². The second-order valence-corrected chi connectivity index (χ2v) is 4.51. The molecule has 0 spiro atoms. The van der Waals surface area contributed by atoms with E-state index in [1.165, 1.54) is 0 Å². The van der Waals surface area contributed by atoms with E-state index in [1.807, 2.05) is 31.2 Å². The number of nitrogens with two attached hydrogens (primary N) is 1. The van der Waals surface area contributed by atoms with Gasteiger partial charge in [-0.2, -0.15) is 0 Å². The summed E-state index contributed by atoms with van der Waals surface area (Å²) >= 11 is 0. The van der Waals surface area contributed by atoms with Crippen molar-refractivity contribution in [3.63, 3.8) is 0 Å². The zero-order valence-electron chi connectivity index (χ0n) is 12.7. The molecule has 2 aromatic rings. The topological polar surface area (TPSA) is 115 Å². The Hall–Kier alpha value is -2.32. The normalized spacial score (nSPS) is 9.96. The fraction of sp³-hybridized carbons (Fsp3) is 0.357. The van der Waals surface area contributed by atoms with Crippen LogP contribution in [0.1, 0.15) is 23.0 Å². The maximum atomic E-state index is 11.7. The Morgan fingerprint density at radius 2 is 2.00 bits per heavy atom. The van der Waals surface area contributed by atoms with Crippen LogP contribution in [0.2, 0.25) is 0 Å². The summed E-state index contributed by atoms with van der Waals surface area (Å²) in [5.74, 6) is 0.443. The van der Waals surface area contributed by atoms with Gasteiger partial charge in [-0.1, -0.05) is 12.1 Å². The monoisotopic (exact) mass is 340 g/mol. The number of amides is 1. The molecule has 0 aliphatic carbocycles. The largest absolute Gasteiger partial charge is 1.00 e. The number of halogens is 1. The van der Waals surface area contributed by atoms with E-state index in [9.17, 15) is 4.79 Å². The Kier molecular flexibility index (Phi) is 7.86. The van der Waals surface area contributed by atoms with Gasteiger partial charge < -0.3 is 33.5 Å². The number of nitrogens with zero attached hydrogens (tertiary/aromatic N) is 2. The van der Waals surface area contributed by atoms with Gasteiger partial charge >= 0.3 is 0 Å². The number of nitrogens with one attached hydrogen (secondary N) is 2. The molecule has 126 valence electrons. The van der Waals surface area contributed by atoms with Crippen LogP contribution in [0.25, 0.3) is 0 Å². The first-order chi connectivity index (χ1) is 10.7. The molecule has 0 saturated heterocycles. The summed E-state index contributed by atoms with van der Waals surface area (Å²) in [6.45, 7) is 4.37. The Balaban J connectivity index is 0.00000264. The number of anilines is 1. The van der Waals surface area contributed by atoms with Gasteiger partial charge in [0.2, 0.25) is 11.5 Å². The minimum atomic E-state index is -0.401. The number of carbonyl (C=O) groups is 1. The van der Waals surface area contributed by atoms with Crippen LogP contribution in [-0.2, 0) is 6.54 Å². The number of hydrogen-bond acceptors (Lipinski definition) is 7. The summed E-state index contributed by atoms with van der Waals surface area (Å²) < 4.78 is 9.75. The zero-order chi connectivity index (χ0) is 15.8. The van der Waals surface area contributed by atoms with Crippen molar-refractivity contribution in [2.45, 2.75) is 13.5 Å². The first kappa shape index (κ1) is 18.7. The number of hydrogen-bond donors (Lipinski definition) is 3. The third-order valence-electron chi connectivity index (χ3n) is 2.88. The molecule has 4 N–H and O–H groups in total. The van der Waals surface area contributed by atoms with Gasteiger partial charge in [0.25, 0.3) is 5.91 Å². The average molecular weight is 341 g/mol. The molecular weight excluding hydrogens is 322 g/mol. The molecule has 0 aliphatic heterocycles. The third-order valence-corrected chi connectivity index (χ3v) is 2.88. The van der Waals surface area contributed by atoms with Crippen LogP contribution < -0.4 is 33.5 Å². The van der Waals surface area contributed by atoms with E-state index in [0.717, 1.165) is 11.3 Å². The van der Waals surface area contributed by atoms with Crippen LogP contribution in [0.15, 0.2) is 28.9 Å². The molecule has 0 atom stereocenters. The van der Waals surface area contributed by atoms with Gasteiger partial charge in [-0.15, -0.1) is 0 Å². The van der Waals surface area contributed by atoms with E-state index in [1.54, 1.807) is 0 Å². The van der Waals surface area contributed by atoms with Crippen molar-refractivity contribution in [3.8, 4) is 5.75 Å². The molecule has 1 aromatic carbocycles.